The minimum absolute atomic E-state index is 0.315. The molecule has 42 heteroatoms. The molecule has 0 aromatic heterocycles. The Morgan fingerprint density at radius 3 is 1.11 bits per heavy atom. The van der Waals surface area contributed by atoms with Crippen LogP contribution in [0, 0.1) is 0 Å². The highest BCUT2D eigenvalue weighted by Crippen LogP contribution is 2.39. The van der Waals surface area contributed by atoms with Crippen molar-refractivity contribution in [2.45, 2.75) is 253 Å². The summed E-state index contributed by atoms with van der Waals surface area (Å²) >= 11 is 0. The van der Waals surface area contributed by atoms with Crippen LogP contribution in [-0.4, -0.2) is 428 Å². The number of hydrogen-bond acceptors (Lipinski definition) is 40. The lowest BCUT2D eigenvalue weighted by atomic mass is 9.94. The average molecular weight is 1380 g/mol. The van der Waals surface area contributed by atoms with Crippen LogP contribution in [0.2, 0.25) is 0 Å². The van der Waals surface area contributed by atoms with Crippen molar-refractivity contribution in [1.82, 2.24) is 10.6 Å². The van der Waals surface area contributed by atoms with Crippen LogP contribution in [0.5, 0.6) is 0 Å². The van der Waals surface area contributed by atoms with Crippen LogP contribution in [0.1, 0.15) is 13.8 Å². The van der Waals surface area contributed by atoms with E-state index in [-0.39, 0.29) is 6.61 Å². The van der Waals surface area contributed by atoms with Crippen molar-refractivity contribution in [1.29, 1.82) is 0 Å². The number of carbonyl (C=O) groups is 2. The molecule has 0 bridgehead atoms. The van der Waals surface area contributed by atoms with E-state index in [1.54, 1.807) is 0 Å². The van der Waals surface area contributed by atoms with Gasteiger partial charge in [0.2, 0.25) is 11.8 Å². The third-order valence-electron chi connectivity index (χ3n) is 17.4. The van der Waals surface area contributed by atoms with Crippen molar-refractivity contribution >= 4 is 11.8 Å². The van der Waals surface area contributed by atoms with Gasteiger partial charge in [0, 0.05) is 13.8 Å². The Morgan fingerprint density at radius 1 is 0.309 bits per heavy atom. The number of carbonyl (C=O) groups excluding carboxylic acids is 2. The summed E-state index contributed by atoms with van der Waals surface area (Å²) in [6, 6.07) is -2.94. The number of aliphatic hydroxyl groups excluding tert-OH is 23. The summed E-state index contributed by atoms with van der Waals surface area (Å²) in [6.07, 6.45) is -75.2. The highest BCUT2D eigenvalue weighted by atomic mass is 16.8. The zero-order valence-electron chi connectivity index (χ0n) is 50.1. The molecule has 39 atom stereocenters. The maximum atomic E-state index is 12.8. The lowest BCUT2D eigenvalue weighted by Crippen LogP contribution is -2.70. The first kappa shape index (κ1) is 77.2. The Bertz CT molecular complexity index is 2350. The summed E-state index contributed by atoms with van der Waals surface area (Å²) in [6.45, 7) is -6.37. The predicted molar refractivity (Wildman–Crippen MR) is 286 cm³/mol. The summed E-state index contributed by atoms with van der Waals surface area (Å²) < 4.78 is 87.3. The molecule has 25 N–H and O–H groups in total. The Hall–Kier alpha value is -2.58. The highest BCUT2D eigenvalue weighted by Gasteiger charge is 2.59. The first-order valence-corrected chi connectivity index (χ1v) is 30.0. The van der Waals surface area contributed by atoms with E-state index in [0.717, 1.165) is 13.8 Å². The molecule has 8 aliphatic rings. The molecular formula is C52H88N2O40. The minimum Gasteiger partial charge on any atom is -0.394 e. The fourth-order valence-electron chi connectivity index (χ4n) is 12.1. The fourth-order valence-corrected chi connectivity index (χ4v) is 12.1. The molecule has 42 nitrogen and oxygen atoms in total. The monoisotopic (exact) mass is 1380 g/mol. The van der Waals surface area contributed by atoms with Gasteiger partial charge in [-0.05, 0) is 0 Å². The van der Waals surface area contributed by atoms with Crippen LogP contribution in [0.4, 0.5) is 0 Å². The maximum absolute atomic E-state index is 12.8. The Labute approximate surface area is 532 Å². The van der Waals surface area contributed by atoms with Crippen LogP contribution in [0.25, 0.3) is 0 Å². The van der Waals surface area contributed by atoms with Gasteiger partial charge in [-0.3, -0.25) is 9.59 Å². The quantitative estimate of drug-likeness (QED) is 0.0427. The van der Waals surface area contributed by atoms with E-state index in [1.165, 1.54) is 0 Å². The molecule has 0 spiro atoms. The lowest BCUT2D eigenvalue weighted by molar-refractivity contribution is -0.407. The molecule has 0 radical (unpaired) electrons. The molecule has 8 aliphatic heterocycles. The number of hydrogen-bond donors (Lipinski definition) is 25. The number of nitrogens with one attached hydrogen (secondary N) is 2. The molecule has 0 aliphatic carbocycles. The number of ether oxygens (including phenoxy) is 15. The van der Waals surface area contributed by atoms with E-state index in [9.17, 15) is 127 Å². The summed E-state index contributed by atoms with van der Waals surface area (Å²) in [7, 11) is 0. The van der Waals surface area contributed by atoms with Crippen LogP contribution in [-0.2, 0) is 80.6 Å². The van der Waals surface area contributed by atoms with Crippen molar-refractivity contribution < 1.29 is 198 Å². The van der Waals surface area contributed by atoms with Gasteiger partial charge in [-0.2, -0.15) is 0 Å². The Kier molecular flexibility index (Phi) is 27.7. The summed E-state index contributed by atoms with van der Waals surface area (Å²) in [4.78, 5) is 24.8. The zero-order chi connectivity index (χ0) is 69.1. The second-order valence-corrected chi connectivity index (χ2v) is 23.8. The predicted octanol–water partition coefficient (Wildman–Crippen LogP) is -17.5. The van der Waals surface area contributed by atoms with E-state index < -0.39 is 304 Å². The van der Waals surface area contributed by atoms with Crippen LogP contribution in [0.15, 0.2) is 0 Å². The first-order chi connectivity index (χ1) is 44.6. The van der Waals surface area contributed by atoms with Gasteiger partial charge < -0.3 is 199 Å². The van der Waals surface area contributed by atoms with Crippen LogP contribution in [0.3, 0.4) is 0 Å². The van der Waals surface area contributed by atoms with E-state index in [1.807, 2.05) is 0 Å². The van der Waals surface area contributed by atoms with E-state index in [4.69, 9.17) is 71.1 Å². The van der Waals surface area contributed by atoms with Crippen molar-refractivity contribution in [3.8, 4) is 0 Å². The molecule has 8 rings (SSSR count). The van der Waals surface area contributed by atoms with Crippen LogP contribution < -0.4 is 10.6 Å². The number of rotatable bonds is 24. The number of amides is 2. The van der Waals surface area contributed by atoms with Gasteiger partial charge in [0.05, 0.1) is 65.5 Å². The first-order valence-electron chi connectivity index (χ1n) is 30.0. The summed E-state index contributed by atoms with van der Waals surface area (Å²) in [5, 5.41) is 256. The average Bonchev–Trinajstić information content (AvgIpc) is 0.824. The SMILES string of the molecule is CC(=O)NC1COC(CO)C(OC2OC(CO)C(OC3OC(COC4OC(CO)C(O)C(OC5OC(CO)C(O)C(O)C5O)C4O)C(O)C(OC4OC(CO)C(O)C(O)C4OC4OC(CO)C(O)C(O)C4OC4OC(CO)C(O)C(O)C4O)C3O)C(O)C2NC(C)=O)C1O. The molecule has 546 valence electrons. The second-order valence-electron chi connectivity index (χ2n) is 23.8. The third-order valence-corrected chi connectivity index (χ3v) is 17.4. The third kappa shape index (κ3) is 16.6. The van der Waals surface area contributed by atoms with Gasteiger partial charge >= 0.3 is 0 Å². The smallest absolute Gasteiger partial charge is 0.217 e. The number of aliphatic hydroxyl groups is 23. The topological polar surface area (TPSA) is 662 Å². The van der Waals surface area contributed by atoms with Crippen molar-refractivity contribution in [3.05, 3.63) is 0 Å². The Morgan fingerprint density at radius 2 is 0.638 bits per heavy atom. The molecule has 8 saturated heterocycles. The van der Waals surface area contributed by atoms with Gasteiger partial charge in [-0.15, -0.1) is 0 Å². The van der Waals surface area contributed by atoms with Crippen molar-refractivity contribution in [3.63, 3.8) is 0 Å². The van der Waals surface area contributed by atoms with Gasteiger partial charge in [0.15, 0.2) is 44.0 Å². The van der Waals surface area contributed by atoms with Gasteiger partial charge in [0.25, 0.3) is 0 Å². The van der Waals surface area contributed by atoms with Gasteiger partial charge in [-0.1, -0.05) is 0 Å². The fraction of sp³-hybridized carbons (Fsp3) is 0.962. The molecule has 0 aromatic rings. The molecule has 8 heterocycles. The summed E-state index contributed by atoms with van der Waals surface area (Å²) in [5.41, 5.74) is 0. The van der Waals surface area contributed by atoms with Gasteiger partial charge in [0.1, 0.15) is 189 Å². The molecule has 2 amide bonds. The maximum Gasteiger partial charge on any atom is 0.217 e. The molecule has 39 unspecified atom stereocenters. The molecular weight excluding hydrogens is 1290 g/mol. The van der Waals surface area contributed by atoms with Crippen molar-refractivity contribution in [2.75, 3.05) is 59.5 Å². The Balaban J connectivity index is 1.12. The standard InChI is InChI=1S/C52H88N2O40/c1-12(62)53-14-10-80-20(8-60)40(24(14)64)89-46-23(54-13(2)63)31(71)41(21(9-61)87-46)90-50-39(79)43(30(70)22(88-50)11-81-47-38(78)42(29(69)19(7-59)82-47)91-48-36(76)32(72)25(65)15(3-55)83-48)92-51-45(35(75)28(68)17(5-57)85-51)94-52-44(34(74)27(67)18(6-58)86-52)93-49-37(77)33(73)26(66)16(4-56)84-49/h14-52,55-61,64-79H,3-11H2,1-2H3,(H,53,62)(H,54,63). The van der Waals surface area contributed by atoms with E-state index in [2.05, 4.69) is 10.6 Å². The van der Waals surface area contributed by atoms with Crippen LogP contribution >= 0.6 is 0 Å². The molecule has 94 heavy (non-hydrogen) atoms. The normalized spacial score (nSPS) is 50.4. The molecule has 0 aromatic carbocycles. The molecule has 8 fully saturated rings. The largest absolute Gasteiger partial charge is 0.394 e. The highest BCUT2D eigenvalue weighted by molar-refractivity contribution is 5.73. The van der Waals surface area contributed by atoms with E-state index in [0.29, 0.717) is 0 Å². The molecule has 0 saturated carbocycles. The zero-order valence-corrected chi connectivity index (χ0v) is 50.1. The summed E-state index contributed by atoms with van der Waals surface area (Å²) in [5.74, 6) is -1.47. The van der Waals surface area contributed by atoms with Crippen molar-refractivity contribution in [2.24, 2.45) is 0 Å². The minimum atomic E-state index is -2.48. The van der Waals surface area contributed by atoms with Gasteiger partial charge in [-0.25, -0.2) is 0 Å². The lowest BCUT2D eigenvalue weighted by Gasteiger charge is -2.51. The second kappa shape index (κ2) is 33.7. The van der Waals surface area contributed by atoms with E-state index >= 15 is 0 Å².